The Morgan fingerprint density at radius 3 is 2.58 bits per heavy atom. The number of hydrogen-bond acceptors (Lipinski definition) is 4. The first-order valence-corrected chi connectivity index (χ1v) is 9.64. The van der Waals surface area contributed by atoms with Crippen LogP contribution in [0.1, 0.15) is 58.1 Å². The first kappa shape index (κ1) is 19.1. The lowest BCUT2D eigenvalue weighted by atomic mass is 9.98. The molecule has 1 aliphatic rings. The predicted molar refractivity (Wildman–Crippen MR) is 100 cm³/mol. The molecule has 1 aromatic rings. The second-order valence-electron chi connectivity index (χ2n) is 6.37. The summed E-state index contributed by atoms with van der Waals surface area (Å²) in [5.74, 6) is 1.74. The minimum Gasteiger partial charge on any atom is -0.490 e. The number of benzene rings is 1. The van der Waals surface area contributed by atoms with Crippen LogP contribution in [0.25, 0.3) is 0 Å². The minimum absolute atomic E-state index is 0.472. The summed E-state index contributed by atoms with van der Waals surface area (Å²) in [6.07, 6.45) is 4.91. The Balaban J connectivity index is 2.24. The molecule has 1 aromatic carbocycles. The highest BCUT2D eigenvalue weighted by atomic mass is 16.5. The van der Waals surface area contributed by atoms with Crippen LogP contribution in [0.3, 0.4) is 0 Å². The average molecular weight is 335 g/mol. The number of ether oxygens (including phenoxy) is 2. The van der Waals surface area contributed by atoms with E-state index in [1.165, 1.54) is 37.8 Å². The van der Waals surface area contributed by atoms with Gasteiger partial charge in [0.1, 0.15) is 0 Å². The maximum absolute atomic E-state index is 5.84. The average Bonchev–Trinajstić information content (AvgIpc) is 2.87. The third kappa shape index (κ3) is 5.38. The monoisotopic (exact) mass is 334 g/mol. The minimum atomic E-state index is 0.472. The fraction of sp³-hybridized carbons (Fsp3) is 0.700. The Bertz CT molecular complexity index is 471. The van der Waals surface area contributed by atoms with E-state index < -0.39 is 0 Å². The van der Waals surface area contributed by atoms with Gasteiger partial charge in [0, 0.05) is 25.7 Å². The largest absolute Gasteiger partial charge is 0.490 e. The van der Waals surface area contributed by atoms with Crippen molar-refractivity contribution in [2.45, 2.75) is 52.5 Å². The van der Waals surface area contributed by atoms with Gasteiger partial charge in [-0.3, -0.25) is 4.90 Å². The van der Waals surface area contributed by atoms with E-state index in [0.29, 0.717) is 19.3 Å². The fourth-order valence-corrected chi connectivity index (χ4v) is 3.41. The Morgan fingerprint density at radius 1 is 1.04 bits per heavy atom. The van der Waals surface area contributed by atoms with Gasteiger partial charge >= 0.3 is 0 Å². The van der Waals surface area contributed by atoms with Gasteiger partial charge in [0.25, 0.3) is 0 Å². The van der Waals surface area contributed by atoms with E-state index >= 15 is 0 Å². The van der Waals surface area contributed by atoms with Crippen LogP contribution in [0.4, 0.5) is 0 Å². The molecule has 0 spiro atoms. The summed E-state index contributed by atoms with van der Waals surface area (Å²) in [6.45, 7) is 12.1. The van der Waals surface area contributed by atoms with Crippen molar-refractivity contribution in [3.05, 3.63) is 23.8 Å². The van der Waals surface area contributed by atoms with Crippen molar-refractivity contribution in [2.75, 3.05) is 39.4 Å². The summed E-state index contributed by atoms with van der Waals surface area (Å²) in [6, 6.07) is 6.98. The SMILES string of the molecule is CCCCC(c1ccc(OCC)c(OCC)c1)N1CCCNCC1. The van der Waals surface area contributed by atoms with E-state index in [-0.39, 0.29) is 0 Å². The second-order valence-corrected chi connectivity index (χ2v) is 6.37. The van der Waals surface area contributed by atoms with Gasteiger partial charge in [0.2, 0.25) is 0 Å². The van der Waals surface area contributed by atoms with Crippen LogP contribution in [-0.4, -0.2) is 44.3 Å². The summed E-state index contributed by atoms with van der Waals surface area (Å²) >= 11 is 0. The van der Waals surface area contributed by atoms with Crippen molar-refractivity contribution in [3.8, 4) is 11.5 Å². The van der Waals surface area contributed by atoms with Crippen molar-refractivity contribution in [1.82, 2.24) is 10.2 Å². The molecule has 24 heavy (non-hydrogen) atoms. The molecule has 1 N–H and O–H groups in total. The lowest BCUT2D eigenvalue weighted by molar-refractivity contribution is 0.196. The number of hydrogen-bond donors (Lipinski definition) is 1. The zero-order valence-corrected chi connectivity index (χ0v) is 15.6. The standard InChI is InChI=1S/C20H34N2O2/c1-4-7-9-18(22-14-8-12-21-13-15-22)17-10-11-19(23-5-2)20(16-17)24-6-3/h10-11,16,18,21H,4-9,12-15H2,1-3H3. The Hall–Kier alpha value is -1.26. The van der Waals surface area contributed by atoms with Crippen LogP contribution < -0.4 is 14.8 Å². The highest BCUT2D eigenvalue weighted by molar-refractivity contribution is 5.44. The molecule has 1 atom stereocenters. The molecule has 1 heterocycles. The zero-order chi connectivity index (χ0) is 17.2. The van der Waals surface area contributed by atoms with Crippen molar-refractivity contribution in [2.24, 2.45) is 0 Å². The maximum atomic E-state index is 5.84. The van der Waals surface area contributed by atoms with Crippen LogP contribution in [0.15, 0.2) is 18.2 Å². The first-order chi connectivity index (χ1) is 11.8. The number of nitrogens with one attached hydrogen (secondary N) is 1. The van der Waals surface area contributed by atoms with Gasteiger partial charge in [-0.25, -0.2) is 0 Å². The molecule has 1 fully saturated rings. The molecular formula is C20H34N2O2. The Kier molecular flexibility index (Phi) is 8.40. The molecule has 1 saturated heterocycles. The molecule has 4 nitrogen and oxygen atoms in total. The van der Waals surface area contributed by atoms with Crippen molar-refractivity contribution < 1.29 is 9.47 Å². The number of rotatable bonds is 9. The topological polar surface area (TPSA) is 33.7 Å². The van der Waals surface area contributed by atoms with Gasteiger partial charge in [0.15, 0.2) is 11.5 Å². The molecule has 0 radical (unpaired) electrons. The highest BCUT2D eigenvalue weighted by Gasteiger charge is 2.22. The van der Waals surface area contributed by atoms with Gasteiger partial charge < -0.3 is 14.8 Å². The lowest BCUT2D eigenvalue weighted by Crippen LogP contribution is -2.32. The van der Waals surface area contributed by atoms with E-state index in [9.17, 15) is 0 Å². The first-order valence-electron chi connectivity index (χ1n) is 9.64. The van der Waals surface area contributed by atoms with Crippen LogP contribution in [0.5, 0.6) is 11.5 Å². The molecule has 4 heteroatoms. The van der Waals surface area contributed by atoms with Gasteiger partial charge in [-0.2, -0.15) is 0 Å². The molecular weight excluding hydrogens is 300 g/mol. The van der Waals surface area contributed by atoms with Crippen molar-refractivity contribution in [3.63, 3.8) is 0 Å². The fourth-order valence-electron chi connectivity index (χ4n) is 3.41. The van der Waals surface area contributed by atoms with Crippen molar-refractivity contribution >= 4 is 0 Å². The van der Waals surface area contributed by atoms with Crippen LogP contribution in [0.2, 0.25) is 0 Å². The van der Waals surface area contributed by atoms with Gasteiger partial charge in [-0.15, -0.1) is 0 Å². The molecule has 1 aliphatic heterocycles. The van der Waals surface area contributed by atoms with E-state index in [1.807, 2.05) is 13.8 Å². The van der Waals surface area contributed by atoms with Crippen molar-refractivity contribution in [1.29, 1.82) is 0 Å². The van der Waals surface area contributed by atoms with Gasteiger partial charge in [-0.1, -0.05) is 25.8 Å². The second kappa shape index (κ2) is 10.6. The predicted octanol–water partition coefficient (Wildman–Crippen LogP) is 4.01. The third-order valence-corrected chi connectivity index (χ3v) is 4.60. The smallest absolute Gasteiger partial charge is 0.161 e. The van der Waals surface area contributed by atoms with Gasteiger partial charge in [-0.05, 0) is 50.9 Å². The maximum Gasteiger partial charge on any atom is 0.161 e. The molecule has 0 aliphatic carbocycles. The summed E-state index contributed by atoms with van der Waals surface area (Å²) in [5, 5.41) is 3.51. The number of unbranched alkanes of at least 4 members (excludes halogenated alkanes) is 1. The molecule has 0 amide bonds. The Morgan fingerprint density at radius 2 is 1.83 bits per heavy atom. The third-order valence-electron chi connectivity index (χ3n) is 4.60. The Labute approximate surface area is 147 Å². The van der Waals surface area contributed by atoms with Crippen LogP contribution in [-0.2, 0) is 0 Å². The quantitative estimate of drug-likeness (QED) is 0.740. The summed E-state index contributed by atoms with van der Waals surface area (Å²) in [7, 11) is 0. The highest BCUT2D eigenvalue weighted by Crippen LogP contribution is 2.34. The van der Waals surface area contributed by atoms with Gasteiger partial charge in [0.05, 0.1) is 13.2 Å². The van der Waals surface area contributed by atoms with Crippen LogP contribution in [0, 0.1) is 0 Å². The lowest BCUT2D eigenvalue weighted by Gasteiger charge is -2.31. The van der Waals surface area contributed by atoms with Crippen LogP contribution >= 0.6 is 0 Å². The summed E-state index contributed by atoms with van der Waals surface area (Å²) in [4.78, 5) is 2.64. The van der Waals surface area contributed by atoms with E-state index in [0.717, 1.165) is 31.1 Å². The molecule has 0 aromatic heterocycles. The molecule has 1 unspecified atom stereocenters. The molecule has 0 bridgehead atoms. The van der Waals surface area contributed by atoms with E-state index in [4.69, 9.17) is 9.47 Å². The summed E-state index contributed by atoms with van der Waals surface area (Å²) in [5.41, 5.74) is 1.36. The normalized spacial score (nSPS) is 17.3. The van der Waals surface area contributed by atoms with E-state index in [1.54, 1.807) is 0 Å². The van der Waals surface area contributed by atoms with E-state index in [2.05, 4.69) is 35.3 Å². The molecule has 136 valence electrons. The zero-order valence-electron chi connectivity index (χ0n) is 15.6. The molecule has 2 rings (SSSR count). The summed E-state index contributed by atoms with van der Waals surface area (Å²) < 4.78 is 11.6. The number of nitrogens with zero attached hydrogens (tertiary/aromatic N) is 1. The molecule has 0 saturated carbocycles.